The first-order valence-electron chi connectivity index (χ1n) is 10.6. The number of nitro groups is 1. The second-order valence-corrected chi connectivity index (χ2v) is 8.02. The molecule has 35 heavy (non-hydrogen) atoms. The fourth-order valence-corrected chi connectivity index (χ4v) is 4.17. The Labute approximate surface area is 197 Å². The highest BCUT2D eigenvalue weighted by molar-refractivity contribution is 6.23. The molecule has 12 heteroatoms. The number of carboxylic acid groups (broad SMARTS) is 1. The molecule has 0 saturated carbocycles. The third kappa shape index (κ3) is 4.45. The van der Waals surface area contributed by atoms with Crippen LogP contribution in [0.1, 0.15) is 39.1 Å². The van der Waals surface area contributed by atoms with Gasteiger partial charge in [-0.2, -0.15) is 0 Å². The predicted octanol–water partition coefficient (Wildman–Crippen LogP) is 1.38. The number of carbonyl (C=O) groups excluding carboxylic acids is 4. The molecule has 2 aromatic rings. The molecule has 2 aromatic carbocycles. The number of rotatable bonds is 9. The molecule has 0 spiro atoms. The van der Waals surface area contributed by atoms with Crippen molar-refractivity contribution < 1.29 is 38.7 Å². The molecule has 180 valence electrons. The lowest BCUT2D eigenvalue weighted by atomic mass is 9.89. The van der Waals surface area contributed by atoms with Crippen LogP contribution in [0.25, 0.3) is 0 Å². The molecule has 2 aliphatic rings. The van der Waals surface area contributed by atoms with Crippen molar-refractivity contribution in [2.45, 2.75) is 31.5 Å². The Bertz CT molecular complexity index is 1210. The van der Waals surface area contributed by atoms with Gasteiger partial charge in [0, 0.05) is 18.6 Å². The number of carboxylic acids is 1. The van der Waals surface area contributed by atoms with Crippen LogP contribution in [0.3, 0.4) is 0 Å². The molecule has 2 heterocycles. The Balaban J connectivity index is 1.44. The summed E-state index contributed by atoms with van der Waals surface area (Å²) >= 11 is 0. The minimum Gasteiger partial charge on any atom is -0.481 e. The van der Waals surface area contributed by atoms with Gasteiger partial charge in [-0.05, 0) is 36.2 Å². The van der Waals surface area contributed by atoms with Crippen LogP contribution in [0.4, 0.5) is 5.69 Å². The first-order valence-corrected chi connectivity index (χ1v) is 10.6. The van der Waals surface area contributed by atoms with E-state index in [2.05, 4.69) is 0 Å². The zero-order valence-electron chi connectivity index (χ0n) is 18.2. The first kappa shape index (κ1) is 23.5. The standard InChI is InChI=1S/C23H19N3O9/c27-18(28)10-9-17-20(25-21(30)15-3-1-2-4-16(15)22(25)31)23(32)24(17)11-19(29)35-12-13-5-7-14(8-6-13)26(33)34/h1-8,17,20H,9-12H2,(H,27,28)/t17-,20+/m1/s1. The van der Waals surface area contributed by atoms with Gasteiger partial charge in [0.2, 0.25) is 5.91 Å². The highest BCUT2D eigenvalue weighted by Gasteiger charge is 2.56. The lowest BCUT2D eigenvalue weighted by Crippen LogP contribution is -2.72. The molecule has 1 fully saturated rings. The number of benzene rings is 2. The van der Waals surface area contributed by atoms with E-state index in [0.29, 0.717) is 5.56 Å². The summed E-state index contributed by atoms with van der Waals surface area (Å²) in [6, 6.07) is 9.40. The lowest BCUT2D eigenvalue weighted by Gasteiger charge is -2.49. The quantitative estimate of drug-likeness (QED) is 0.183. The molecule has 1 N–H and O–H groups in total. The fourth-order valence-electron chi connectivity index (χ4n) is 4.17. The van der Waals surface area contributed by atoms with E-state index in [0.717, 1.165) is 9.80 Å². The molecule has 0 unspecified atom stereocenters. The summed E-state index contributed by atoms with van der Waals surface area (Å²) in [5.74, 6) is -3.89. The first-order chi connectivity index (χ1) is 16.7. The lowest BCUT2D eigenvalue weighted by molar-refractivity contribution is -0.384. The number of hydrogen-bond donors (Lipinski definition) is 1. The topological polar surface area (TPSA) is 164 Å². The number of likely N-dealkylation sites (tertiary alicyclic amines) is 1. The summed E-state index contributed by atoms with van der Waals surface area (Å²) < 4.78 is 5.14. The van der Waals surface area contributed by atoms with Crippen LogP contribution in [-0.2, 0) is 25.7 Å². The maximum Gasteiger partial charge on any atom is 0.325 e. The zero-order valence-corrected chi connectivity index (χ0v) is 18.2. The van der Waals surface area contributed by atoms with E-state index in [9.17, 15) is 34.1 Å². The SMILES string of the molecule is O=C(O)CC[C@@H]1[C@H](N2C(=O)c3ccccc3C2=O)C(=O)N1CC(=O)OCc1ccc([N+](=O)[O-])cc1. The van der Waals surface area contributed by atoms with Crippen LogP contribution in [0.5, 0.6) is 0 Å². The van der Waals surface area contributed by atoms with Gasteiger partial charge in [-0.15, -0.1) is 0 Å². The van der Waals surface area contributed by atoms with E-state index in [-0.39, 0.29) is 36.3 Å². The highest BCUT2D eigenvalue weighted by Crippen LogP contribution is 2.34. The predicted molar refractivity (Wildman–Crippen MR) is 116 cm³/mol. The number of β-lactam (4-membered cyclic amide) rings is 1. The smallest absolute Gasteiger partial charge is 0.325 e. The van der Waals surface area contributed by atoms with Crippen molar-refractivity contribution in [3.8, 4) is 0 Å². The molecule has 1 saturated heterocycles. The number of hydrogen-bond acceptors (Lipinski definition) is 8. The highest BCUT2D eigenvalue weighted by atomic mass is 16.6. The van der Waals surface area contributed by atoms with Crippen LogP contribution >= 0.6 is 0 Å². The van der Waals surface area contributed by atoms with E-state index in [1.807, 2.05) is 0 Å². The van der Waals surface area contributed by atoms with Crippen LogP contribution in [0.15, 0.2) is 48.5 Å². The maximum absolute atomic E-state index is 12.9. The van der Waals surface area contributed by atoms with E-state index in [1.165, 1.54) is 36.4 Å². The third-order valence-corrected chi connectivity index (χ3v) is 5.90. The Morgan fingerprint density at radius 1 is 1.00 bits per heavy atom. The van der Waals surface area contributed by atoms with Gasteiger partial charge in [0.05, 0.1) is 22.1 Å². The Kier molecular flexibility index (Phi) is 6.28. The fraction of sp³-hybridized carbons (Fsp3) is 0.261. The largest absolute Gasteiger partial charge is 0.481 e. The summed E-state index contributed by atoms with van der Waals surface area (Å²) in [5, 5.41) is 19.8. The van der Waals surface area contributed by atoms with Gasteiger partial charge < -0.3 is 14.7 Å². The monoisotopic (exact) mass is 481 g/mol. The molecule has 0 radical (unpaired) electrons. The molecule has 4 rings (SSSR count). The molecular formula is C23H19N3O9. The van der Waals surface area contributed by atoms with Crippen molar-refractivity contribution in [3.63, 3.8) is 0 Å². The maximum atomic E-state index is 12.9. The number of amides is 3. The van der Waals surface area contributed by atoms with Gasteiger partial charge >= 0.3 is 11.9 Å². The number of nitrogens with zero attached hydrogens (tertiary/aromatic N) is 3. The second kappa shape index (κ2) is 9.33. The van der Waals surface area contributed by atoms with Crippen molar-refractivity contribution in [1.29, 1.82) is 0 Å². The number of fused-ring (bicyclic) bond motifs is 1. The van der Waals surface area contributed by atoms with E-state index in [1.54, 1.807) is 12.1 Å². The Hall–Kier alpha value is -4.61. The minimum absolute atomic E-state index is 0.0746. The Morgan fingerprint density at radius 3 is 2.14 bits per heavy atom. The summed E-state index contributed by atoms with van der Waals surface area (Å²) in [5.41, 5.74) is 0.684. The summed E-state index contributed by atoms with van der Waals surface area (Å²) in [7, 11) is 0. The van der Waals surface area contributed by atoms with Crippen molar-refractivity contribution in [1.82, 2.24) is 9.80 Å². The molecule has 0 aromatic heterocycles. The van der Waals surface area contributed by atoms with Gasteiger partial charge in [0.25, 0.3) is 17.5 Å². The molecule has 0 aliphatic carbocycles. The number of non-ortho nitro benzene ring substituents is 1. The van der Waals surface area contributed by atoms with Crippen LogP contribution < -0.4 is 0 Å². The van der Waals surface area contributed by atoms with E-state index < -0.39 is 53.2 Å². The van der Waals surface area contributed by atoms with Crippen LogP contribution in [0, 0.1) is 10.1 Å². The van der Waals surface area contributed by atoms with Gasteiger partial charge in [-0.25, -0.2) is 0 Å². The molecule has 12 nitrogen and oxygen atoms in total. The average molecular weight is 481 g/mol. The van der Waals surface area contributed by atoms with Crippen LogP contribution in [-0.4, -0.2) is 68.1 Å². The third-order valence-electron chi connectivity index (χ3n) is 5.90. The van der Waals surface area contributed by atoms with Crippen molar-refractivity contribution in [3.05, 3.63) is 75.3 Å². The molecule has 3 amide bonds. The number of aliphatic carboxylic acids is 1. The van der Waals surface area contributed by atoms with Gasteiger partial charge in [-0.1, -0.05) is 12.1 Å². The zero-order chi connectivity index (χ0) is 25.3. The Morgan fingerprint density at radius 2 is 1.60 bits per heavy atom. The molecular weight excluding hydrogens is 462 g/mol. The number of nitro benzene ring substituents is 1. The van der Waals surface area contributed by atoms with Crippen molar-refractivity contribution >= 4 is 35.3 Å². The van der Waals surface area contributed by atoms with E-state index >= 15 is 0 Å². The summed E-state index contributed by atoms with van der Waals surface area (Å²) in [4.78, 5) is 74.1. The van der Waals surface area contributed by atoms with Gasteiger partial charge in [0.1, 0.15) is 19.2 Å². The second-order valence-electron chi connectivity index (χ2n) is 8.02. The normalized spacial score (nSPS) is 18.8. The number of esters is 1. The van der Waals surface area contributed by atoms with Crippen molar-refractivity contribution in [2.24, 2.45) is 0 Å². The number of ether oxygens (including phenoxy) is 1. The molecule has 2 aliphatic heterocycles. The molecule has 2 atom stereocenters. The van der Waals surface area contributed by atoms with E-state index in [4.69, 9.17) is 9.84 Å². The number of imide groups is 1. The van der Waals surface area contributed by atoms with Crippen LogP contribution in [0.2, 0.25) is 0 Å². The minimum atomic E-state index is -1.22. The molecule has 0 bridgehead atoms. The van der Waals surface area contributed by atoms with Gasteiger partial charge in [0.15, 0.2) is 0 Å². The summed E-state index contributed by atoms with van der Waals surface area (Å²) in [6.45, 7) is -0.698. The average Bonchev–Trinajstić information content (AvgIpc) is 3.08. The van der Waals surface area contributed by atoms with Crippen molar-refractivity contribution in [2.75, 3.05) is 6.54 Å². The summed E-state index contributed by atoms with van der Waals surface area (Å²) in [6.07, 6.45) is -0.416. The van der Waals surface area contributed by atoms with Gasteiger partial charge in [-0.3, -0.25) is 39.0 Å². The number of carbonyl (C=O) groups is 5.